The molecule has 0 amide bonds. The minimum absolute atomic E-state index is 0.0199. The van der Waals surface area contributed by atoms with E-state index in [2.05, 4.69) is 5.32 Å². The predicted molar refractivity (Wildman–Crippen MR) is 68.7 cm³/mol. The van der Waals surface area contributed by atoms with E-state index in [-0.39, 0.29) is 11.1 Å². The normalized spacial score (nSPS) is 16.8. The van der Waals surface area contributed by atoms with Gasteiger partial charge >= 0.3 is 11.9 Å². The Morgan fingerprint density at radius 2 is 1.67 bits per heavy atom. The zero-order valence-corrected chi connectivity index (χ0v) is 11.3. The fraction of sp³-hybridized carbons (Fsp3) is 0.214. The second-order valence-corrected chi connectivity index (χ2v) is 4.75. The summed E-state index contributed by atoms with van der Waals surface area (Å²) in [7, 11) is 0. The minimum Gasteiger partial charge on any atom is -0.545 e. The maximum Gasteiger partial charge on any atom is 0.350 e. The molecule has 1 N–H and O–H groups in total. The molecule has 7 nitrogen and oxygen atoms in total. The zero-order chi connectivity index (χ0) is 15.6. The molecule has 1 fully saturated rings. The molecule has 1 aromatic rings. The van der Waals surface area contributed by atoms with Crippen LogP contribution < -0.4 is 10.4 Å². The first kappa shape index (κ1) is 14.6. The van der Waals surface area contributed by atoms with Crippen LogP contribution in [0.25, 0.3) is 0 Å². The maximum absolute atomic E-state index is 11.7. The maximum atomic E-state index is 11.7. The van der Waals surface area contributed by atoms with Crippen molar-refractivity contribution in [3.05, 3.63) is 41.6 Å². The number of carbonyl (C=O) groups excluding carboxylic acids is 3. The summed E-state index contributed by atoms with van der Waals surface area (Å²) >= 11 is 0. The van der Waals surface area contributed by atoms with Gasteiger partial charge in [0, 0.05) is 25.7 Å². The van der Waals surface area contributed by atoms with Crippen molar-refractivity contribution in [2.75, 3.05) is 5.32 Å². The van der Waals surface area contributed by atoms with E-state index >= 15 is 0 Å². The summed E-state index contributed by atoms with van der Waals surface area (Å²) < 4.78 is 9.84. The lowest BCUT2D eigenvalue weighted by Gasteiger charge is -2.29. The van der Waals surface area contributed by atoms with Gasteiger partial charge in [-0.2, -0.15) is 0 Å². The molecule has 7 heteroatoms. The van der Waals surface area contributed by atoms with Gasteiger partial charge in [0.25, 0.3) is 5.79 Å². The summed E-state index contributed by atoms with van der Waals surface area (Å²) in [5, 5.41) is 13.3. The molecule has 0 atom stereocenters. The van der Waals surface area contributed by atoms with Crippen LogP contribution in [0.5, 0.6) is 0 Å². The first-order valence-electron chi connectivity index (χ1n) is 6.03. The lowest BCUT2D eigenvalue weighted by Crippen LogP contribution is -2.42. The van der Waals surface area contributed by atoms with Gasteiger partial charge in [0.15, 0.2) is 5.57 Å². The molecule has 0 aromatic heterocycles. The number of carboxylic acids is 1. The standard InChI is InChI=1S/C14H13NO6/c1-14(2)20-12(18)10(13(19)21-14)7-15-9-5-3-8(4-6-9)11(16)17/h3-7,15H,1-2H3,(H,16,17)/p-1. The Kier molecular flexibility index (Phi) is 3.66. The van der Waals surface area contributed by atoms with Crippen LogP contribution in [0.2, 0.25) is 0 Å². The van der Waals surface area contributed by atoms with E-state index < -0.39 is 23.7 Å². The van der Waals surface area contributed by atoms with Crippen LogP contribution in [0.3, 0.4) is 0 Å². The summed E-state index contributed by atoms with van der Waals surface area (Å²) in [6.45, 7) is 2.90. The third-order valence-electron chi connectivity index (χ3n) is 2.62. The zero-order valence-electron chi connectivity index (χ0n) is 11.3. The predicted octanol–water partition coefficient (Wildman–Crippen LogP) is 0.182. The van der Waals surface area contributed by atoms with Gasteiger partial charge in [-0.15, -0.1) is 0 Å². The molecule has 0 unspecified atom stereocenters. The number of hydrogen-bond donors (Lipinski definition) is 1. The number of ether oxygens (including phenoxy) is 2. The van der Waals surface area contributed by atoms with Crippen LogP contribution in [0.1, 0.15) is 24.2 Å². The minimum atomic E-state index is -1.29. The van der Waals surface area contributed by atoms with Crippen molar-refractivity contribution in [1.29, 1.82) is 0 Å². The lowest BCUT2D eigenvalue weighted by atomic mass is 10.2. The third-order valence-corrected chi connectivity index (χ3v) is 2.62. The number of nitrogens with one attached hydrogen (secondary N) is 1. The highest BCUT2D eigenvalue weighted by Gasteiger charge is 2.38. The summed E-state index contributed by atoms with van der Waals surface area (Å²) in [5.74, 6) is -4.17. The highest BCUT2D eigenvalue weighted by Crippen LogP contribution is 2.22. The number of anilines is 1. The largest absolute Gasteiger partial charge is 0.545 e. The highest BCUT2D eigenvalue weighted by molar-refractivity contribution is 6.15. The quantitative estimate of drug-likeness (QED) is 0.481. The van der Waals surface area contributed by atoms with E-state index in [1.165, 1.54) is 38.1 Å². The Morgan fingerprint density at radius 1 is 1.14 bits per heavy atom. The summed E-state index contributed by atoms with van der Waals surface area (Å²) in [4.78, 5) is 33.9. The van der Waals surface area contributed by atoms with Crippen molar-refractivity contribution >= 4 is 23.6 Å². The van der Waals surface area contributed by atoms with Gasteiger partial charge in [0.2, 0.25) is 0 Å². The Labute approximate surface area is 120 Å². The lowest BCUT2D eigenvalue weighted by molar-refractivity contribution is -0.255. The molecule has 2 rings (SSSR count). The number of aromatic carboxylic acids is 1. The highest BCUT2D eigenvalue weighted by atomic mass is 16.7. The summed E-state index contributed by atoms with van der Waals surface area (Å²) in [6, 6.07) is 5.59. The summed E-state index contributed by atoms with van der Waals surface area (Å²) in [6.07, 6.45) is 1.15. The molecule has 0 aliphatic carbocycles. The molecule has 0 saturated carbocycles. The van der Waals surface area contributed by atoms with Crippen LogP contribution >= 0.6 is 0 Å². The topological polar surface area (TPSA) is 105 Å². The van der Waals surface area contributed by atoms with Gasteiger partial charge in [-0.1, -0.05) is 12.1 Å². The molecule has 1 heterocycles. The number of cyclic esters (lactones) is 2. The van der Waals surface area contributed by atoms with Gasteiger partial charge in [-0.3, -0.25) is 0 Å². The van der Waals surface area contributed by atoms with Crippen molar-refractivity contribution in [3.63, 3.8) is 0 Å². The third kappa shape index (κ3) is 3.38. The fourth-order valence-corrected chi connectivity index (χ4v) is 1.64. The molecule has 0 radical (unpaired) electrons. The van der Waals surface area contributed by atoms with Crippen molar-refractivity contribution in [2.24, 2.45) is 0 Å². The second-order valence-electron chi connectivity index (χ2n) is 4.75. The fourth-order valence-electron chi connectivity index (χ4n) is 1.64. The van der Waals surface area contributed by atoms with Crippen LogP contribution in [0, 0.1) is 0 Å². The van der Waals surface area contributed by atoms with Crippen LogP contribution in [0.15, 0.2) is 36.0 Å². The molecule has 1 aromatic carbocycles. The van der Waals surface area contributed by atoms with E-state index in [4.69, 9.17) is 9.47 Å². The average Bonchev–Trinajstić information content (AvgIpc) is 2.36. The number of carboxylic acid groups (broad SMARTS) is 1. The van der Waals surface area contributed by atoms with E-state index in [1.807, 2.05) is 0 Å². The van der Waals surface area contributed by atoms with Gasteiger partial charge in [0.05, 0.1) is 5.97 Å². The molecule has 1 aliphatic rings. The monoisotopic (exact) mass is 290 g/mol. The number of rotatable bonds is 3. The average molecular weight is 290 g/mol. The van der Waals surface area contributed by atoms with Gasteiger partial charge < -0.3 is 24.7 Å². The first-order valence-corrected chi connectivity index (χ1v) is 6.03. The molecule has 110 valence electrons. The number of esters is 2. The van der Waals surface area contributed by atoms with Crippen molar-refractivity contribution in [3.8, 4) is 0 Å². The molecule has 0 spiro atoms. The van der Waals surface area contributed by atoms with Crippen molar-refractivity contribution in [1.82, 2.24) is 0 Å². The van der Waals surface area contributed by atoms with Crippen LogP contribution in [0.4, 0.5) is 5.69 Å². The Morgan fingerprint density at radius 3 is 2.14 bits per heavy atom. The number of hydrogen-bond acceptors (Lipinski definition) is 7. The van der Waals surface area contributed by atoms with Gasteiger partial charge in [0.1, 0.15) is 0 Å². The Balaban J connectivity index is 2.12. The molecule has 1 saturated heterocycles. The number of carbonyl (C=O) groups is 3. The first-order chi connectivity index (χ1) is 9.78. The van der Waals surface area contributed by atoms with Crippen molar-refractivity contribution < 1.29 is 29.0 Å². The molecule has 21 heavy (non-hydrogen) atoms. The van der Waals surface area contributed by atoms with E-state index in [0.29, 0.717) is 5.69 Å². The smallest absolute Gasteiger partial charge is 0.350 e. The van der Waals surface area contributed by atoms with Gasteiger partial charge in [-0.05, 0) is 17.7 Å². The van der Waals surface area contributed by atoms with Crippen LogP contribution in [-0.4, -0.2) is 23.7 Å². The number of benzene rings is 1. The van der Waals surface area contributed by atoms with Crippen LogP contribution in [-0.2, 0) is 19.1 Å². The SMILES string of the molecule is CC1(C)OC(=O)C(=CNc2ccc(C(=O)[O-])cc2)C(=O)O1. The Bertz CT molecular complexity index is 607. The van der Waals surface area contributed by atoms with Gasteiger partial charge in [-0.25, -0.2) is 9.59 Å². The van der Waals surface area contributed by atoms with Crippen molar-refractivity contribution in [2.45, 2.75) is 19.6 Å². The molecular weight excluding hydrogens is 278 g/mol. The molecule has 1 aliphatic heterocycles. The van der Waals surface area contributed by atoms with E-state index in [0.717, 1.165) is 6.20 Å². The molecule has 0 bridgehead atoms. The van der Waals surface area contributed by atoms with E-state index in [1.54, 1.807) is 0 Å². The summed E-state index contributed by atoms with van der Waals surface area (Å²) in [5.41, 5.74) is 0.225. The molecular formula is C14H12NO6-. The Hall–Kier alpha value is -2.83. The second kappa shape index (κ2) is 5.28. The van der Waals surface area contributed by atoms with E-state index in [9.17, 15) is 19.5 Å².